The summed E-state index contributed by atoms with van der Waals surface area (Å²) >= 11 is 4.77. The lowest BCUT2D eigenvalue weighted by Crippen LogP contribution is -2.31. The van der Waals surface area contributed by atoms with E-state index in [0.717, 1.165) is 29.2 Å². The van der Waals surface area contributed by atoms with Crippen LogP contribution in [-0.4, -0.2) is 29.0 Å². The summed E-state index contributed by atoms with van der Waals surface area (Å²) < 4.78 is 0.928. The summed E-state index contributed by atoms with van der Waals surface area (Å²) in [7, 11) is 0. The summed E-state index contributed by atoms with van der Waals surface area (Å²) in [6, 6.07) is 3.66. The van der Waals surface area contributed by atoms with Crippen molar-refractivity contribution in [2.75, 3.05) is 18.0 Å². The predicted octanol–water partition coefficient (Wildman–Crippen LogP) is 3.22. The number of piperidine rings is 1. The quantitative estimate of drug-likeness (QED) is 0.884. The monoisotopic (exact) mass is 380 g/mol. The Hall–Kier alpha value is -1.47. The highest BCUT2D eigenvalue weighted by atomic mass is 79.9. The number of carbonyl (C=O) groups is 1. The standard InChI is InChI=1S/C15H17BrN4OS/c16-11-8-13(22-10-11)14(21)18-9-12-4-5-17-15(19-12)20-6-2-1-3-7-20/h4-5,8,10H,1-3,6-7,9H2,(H,18,21). The average molecular weight is 381 g/mol. The van der Waals surface area contributed by atoms with E-state index in [1.165, 1.54) is 30.6 Å². The normalized spacial score (nSPS) is 14.9. The molecule has 2 aromatic heterocycles. The maximum Gasteiger partial charge on any atom is 0.261 e. The van der Waals surface area contributed by atoms with E-state index in [4.69, 9.17) is 0 Å². The highest BCUT2D eigenvalue weighted by Crippen LogP contribution is 2.19. The molecular formula is C15H17BrN4OS. The minimum Gasteiger partial charge on any atom is -0.346 e. The van der Waals surface area contributed by atoms with Crippen LogP contribution in [0.3, 0.4) is 0 Å². The fourth-order valence-electron chi connectivity index (χ4n) is 2.42. The van der Waals surface area contributed by atoms with Gasteiger partial charge in [-0.1, -0.05) is 0 Å². The molecule has 22 heavy (non-hydrogen) atoms. The smallest absolute Gasteiger partial charge is 0.261 e. The van der Waals surface area contributed by atoms with E-state index in [0.29, 0.717) is 11.4 Å². The van der Waals surface area contributed by atoms with Crippen LogP contribution in [-0.2, 0) is 6.54 Å². The summed E-state index contributed by atoms with van der Waals surface area (Å²) in [4.78, 5) is 23.9. The summed E-state index contributed by atoms with van der Waals surface area (Å²) in [5, 5.41) is 4.80. The first kappa shape index (κ1) is 15.4. The van der Waals surface area contributed by atoms with Crippen LogP contribution < -0.4 is 10.2 Å². The highest BCUT2D eigenvalue weighted by molar-refractivity contribution is 9.10. The second kappa shape index (κ2) is 7.19. The number of carbonyl (C=O) groups excluding carboxylic acids is 1. The van der Waals surface area contributed by atoms with Gasteiger partial charge in [0.25, 0.3) is 5.91 Å². The Balaban J connectivity index is 1.61. The van der Waals surface area contributed by atoms with Gasteiger partial charge in [0.2, 0.25) is 5.95 Å². The Morgan fingerprint density at radius 3 is 2.91 bits per heavy atom. The number of nitrogens with one attached hydrogen (secondary N) is 1. The van der Waals surface area contributed by atoms with Crippen LogP contribution in [0.15, 0.2) is 28.2 Å². The first-order chi connectivity index (χ1) is 10.7. The fourth-order valence-corrected chi connectivity index (χ4v) is 3.76. The van der Waals surface area contributed by atoms with Gasteiger partial charge >= 0.3 is 0 Å². The van der Waals surface area contributed by atoms with Crippen molar-refractivity contribution in [1.29, 1.82) is 0 Å². The number of hydrogen-bond acceptors (Lipinski definition) is 5. The molecule has 1 aliphatic heterocycles. The van der Waals surface area contributed by atoms with E-state index in [2.05, 4.69) is 36.1 Å². The average Bonchev–Trinajstić information content (AvgIpc) is 3.00. The molecule has 1 aliphatic rings. The molecule has 1 fully saturated rings. The molecule has 2 aromatic rings. The predicted molar refractivity (Wildman–Crippen MR) is 91.3 cm³/mol. The van der Waals surface area contributed by atoms with Crippen molar-refractivity contribution < 1.29 is 4.79 Å². The van der Waals surface area contributed by atoms with Gasteiger partial charge in [-0.05, 0) is 47.3 Å². The van der Waals surface area contributed by atoms with E-state index in [1.807, 2.05) is 17.5 Å². The van der Waals surface area contributed by atoms with Crippen LogP contribution in [0.5, 0.6) is 0 Å². The number of amides is 1. The van der Waals surface area contributed by atoms with Crippen molar-refractivity contribution >= 4 is 39.1 Å². The Bertz CT molecular complexity index is 654. The lowest BCUT2D eigenvalue weighted by molar-refractivity contribution is 0.0954. The Morgan fingerprint density at radius 1 is 1.36 bits per heavy atom. The van der Waals surface area contributed by atoms with Crippen LogP contribution in [0.25, 0.3) is 0 Å². The third kappa shape index (κ3) is 3.84. The number of hydrogen-bond donors (Lipinski definition) is 1. The SMILES string of the molecule is O=C(NCc1ccnc(N2CCCCC2)n1)c1cc(Br)cs1. The van der Waals surface area contributed by atoms with Crippen LogP contribution >= 0.6 is 27.3 Å². The Kier molecular flexibility index (Phi) is 5.04. The molecular weight excluding hydrogens is 364 g/mol. The molecule has 0 radical (unpaired) electrons. The molecule has 0 spiro atoms. The molecule has 3 heterocycles. The lowest BCUT2D eigenvalue weighted by Gasteiger charge is -2.26. The number of rotatable bonds is 4. The number of aromatic nitrogens is 2. The van der Waals surface area contributed by atoms with Crippen molar-refractivity contribution in [1.82, 2.24) is 15.3 Å². The van der Waals surface area contributed by atoms with Crippen molar-refractivity contribution in [2.24, 2.45) is 0 Å². The summed E-state index contributed by atoms with van der Waals surface area (Å²) in [5.41, 5.74) is 0.833. The highest BCUT2D eigenvalue weighted by Gasteiger charge is 2.14. The maximum atomic E-state index is 12.0. The summed E-state index contributed by atoms with van der Waals surface area (Å²) in [6.07, 6.45) is 5.43. The van der Waals surface area contributed by atoms with Gasteiger partial charge in [-0.2, -0.15) is 0 Å². The molecule has 116 valence electrons. The molecule has 0 bridgehead atoms. The van der Waals surface area contributed by atoms with Gasteiger partial charge in [-0.3, -0.25) is 4.79 Å². The lowest BCUT2D eigenvalue weighted by atomic mass is 10.1. The van der Waals surface area contributed by atoms with Crippen molar-refractivity contribution in [3.8, 4) is 0 Å². The zero-order chi connectivity index (χ0) is 15.4. The van der Waals surface area contributed by atoms with E-state index in [1.54, 1.807) is 6.20 Å². The van der Waals surface area contributed by atoms with E-state index in [9.17, 15) is 4.79 Å². The van der Waals surface area contributed by atoms with Gasteiger partial charge in [0.15, 0.2) is 0 Å². The molecule has 0 aliphatic carbocycles. The molecule has 1 amide bonds. The summed E-state index contributed by atoms with van der Waals surface area (Å²) in [5.74, 6) is 0.694. The molecule has 1 N–H and O–H groups in total. The van der Waals surface area contributed by atoms with Crippen LogP contribution in [0, 0.1) is 0 Å². The van der Waals surface area contributed by atoms with Crippen molar-refractivity contribution in [2.45, 2.75) is 25.8 Å². The maximum absolute atomic E-state index is 12.0. The van der Waals surface area contributed by atoms with Gasteiger partial charge in [0.05, 0.1) is 17.1 Å². The number of anilines is 1. The van der Waals surface area contributed by atoms with E-state index < -0.39 is 0 Å². The Morgan fingerprint density at radius 2 is 2.18 bits per heavy atom. The van der Waals surface area contributed by atoms with E-state index in [-0.39, 0.29) is 5.91 Å². The number of thiophene rings is 1. The molecule has 1 saturated heterocycles. The zero-order valence-corrected chi connectivity index (χ0v) is 14.5. The molecule has 5 nitrogen and oxygen atoms in total. The summed E-state index contributed by atoms with van der Waals surface area (Å²) in [6.45, 7) is 2.44. The number of halogens is 1. The van der Waals surface area contributed by atoms with E-state index >= 15 is 0 Å². The van der Waals surface area contributed by atoms with Crippen molar-refractivity contribution in [3.63, 3.8) is 0 Å². The largest absolute Gasteiger partial charge is 0.346 e. The van der Waals surface area contributed by atoms with Crippen LogP contribution in [0.1, 0.15) is 34.6 Å². The van der Waals surface area contributed by atoms with Gasteiger partial charge in [0.1, 0.15) is 0 Å². The minimum atomic E-state index is -0.0752. The third-order valence-electron chi connectivity index (χ3n) is 3.56. The third-order valence-corrected chi connectivity index (χ3v) is 5.25. The zero-order valence-electron chi connectivity index (χ0n) is 12.1. The fraction of sp³-hybridized carbons (Fsp3) is 0.400. The first-order valence-corrected chi connectivity index (χ1v) is 8.99. The Labute approximate surface area is 141 Å². The molecule has 0 unspecified atom stereocenters. The number of nitrogens with zero attached hydrogens (tertiary/aromatic N) is 3. The second-order valence-corrected chi connectivity index (χ2v) is 7.03. The molecule has 3 rings (SSSR count). The van der Waals surface area contributed by atoms with Gasteiger partial charge in [-0.15, -0.1) is 11.3 Å². The van der Waals surface area contributed by atoms with Crippen LogP contribution in [0.4, 0.5) is 5.95 Å². The molecule has 0 atom stereocenters. The van der Waals surface area contributed by atoms with Crippen LogP contribution in [0.2, 0.25) is 0 Å². The second-order valence-electron chi connectivity index (χ2n) is 5.21. The first-order valence-electron chi connectivity index (χ1n) is 7.31. The molecule has 0 saturated carbocycles. The molecule has 7 heteroatoms. The van der Waals surface area contributed by atoms with Crippen molar-refractivity contribution in [3.05, 3.63) is 38.8 Å². The van der Waals surface area contributed by atoms with Gasteiger partial charge in [0, 0.05) is 29.1 Å². The topological polar surface area (TPSA) is 58.1 Å². The minimum absolute atomic E-state index is 0.0752. The van der Waals surface area contributed by atoms with Gasteiger partial charge < -0.3 is 10.2 Å². The van der Waals surface area contributed by atoms with Gasteiger partial charge in [-0.25, -0.2) is 9.97 Å². The molecule has 0 aromatic carbocycles.